The van der Waals surface area contributed by atoms with E-state index in [9.17, 15) is 14.4 Å². The Balaban J connectivity index is 2.08. The Hall–Kier alpha value is -2.93. The van der Waals surface area contributed by atoms with E-state index in [-0.39, 0.29) is 37.0 Å². The SMILES string of the molecule is CCOC(=O)c1c(C)[nH]c(C)c1C(=O)C[NH+](C)CC(=O)Nc1c(C)cccc1C. The van der Waals surface area contributed by atoms with Crippen LogP contribution in [0.2, 0.25) is 0 Å². The molecular formula is C22H30N3O4+. The molecule has 3 N–H and O–H groups in total. The molecular weight excluding hydrogens is 370 g/mol. The molecule has 0 aliphatic rings. The van der Waals surface area contributed by atoms with Gasteiger partial charge < -0.3 is 19.9 Å². The first kappa shape index (κ1) is 22.4. The maximum absolute atomic E-state index is 12.9. The normalized spacial score (nSPS) is 11.8. The van der Waals surface area contributed by atoms with Gasteiger partial charge in [-0.15, -0.1) is 0 Å². The summed E-state index contributed by atoms with van der Waals surface area (Å²) >= 11 is 0. The Kier molecular flexibility index (Phi) is 7.34. The van der Waals surface area contributed by atoms with Crippen molar-refractivity contribution in [3.8, 4) is 0 Å². The van der Waals surface area contributed by atoms with Crippen LogP contribution in [0.3, 0.4) is 0 Å². The molecule has 0 spiro atoms. The van der Waals surface area contributed by atoms with Gasteiger partial charge in [0.1, 0.15) is 6.54 Å². The van der Waals surface area contributed by atoms with Crippen LogP contribution in [0.4, 0.5) is 5.69 Å². The van der Waals surface area contributed by atoms with Crippen LogP contribution in [-0.4, -0.2) is 49.4 Å². The Morgan fingerprint density at radius 1 is 1.00 bits per heavy atom. The maximum Gasteiger partial charge on any atom is 0.340 e. The van der Waals surface area contributed by atoms with Crippen molar-refractivity contribution in [3.63, 3.8) is 0 Å². The zero-order chi connectivity index (χ0) is 21.7. The van der Waals surface area contributed by atoms with Crippen molar-refractivity contribution in [3.05, 3.63) is 51.8 Å². The molecule has 1 atom stereocenters. The highest BCUT2D eigenvalue weighted by atomic mass is 16.5. The fraction of sp³-hybridized carbons (Fsp3) is 0.409. The number of ketones is 1. The van der Waals surface area contributed by atoms with Crippen molar-refractivity contribution in [2.45, 2.75) is 34.6 Å². The number of aromatic nitrogens is 1. The van der Waals surface area contributed by atoms with Crippen molar-refractivity contribution < 1.29 is 24.0 Å². The van der Waals surface area contributed by atoms with Crippen LogP contribution in [0.15, 0.2) is 18.2 Å². The van der Waals surface area contributed by atoms with Gasteiger partial charge in [0.05, 0.1) is 24.8 Å². The molecule has 2 aromatic rings. The minimum absolute atomic E-state index is 0.0880. The van der Waals surface area contributed by atoms with E-state index in [0.29, 0.717) is 17.0 Å². The molecule has 7 heteroatoms. The summed E-state index contributed by atoms with van der Waals surface area (Å²) in [6.45, 7) is 9.56. The Morgan fingerprint density at radius 2 is 1.59 bits per heavy atom. The number of benzene rings is 1. The first-order valence-electron chi connectivity index (χ1n) is 9.72. The van der Waals surface area contributed by atoms with Crippen molar-refractivity contribution in [1.82, 2.24) is 4.98 Å². The number of hydrogen-bond donors (Lipinski definition) is 3. The number of carbonyl (C=O) groups is 3. The molecule has 1 amide bonds. The van der Waals surface area contributed by atoms with E-state index < -0.39 is 5.97 Å². The number of amides is 1. The molecule has 29 heavy (non-hydrogen) atoms. The fourth-order valence-corrected chi connectivity index (χ4v) is 3.48. The molecule has 2 rings (SSSR count). The van der Waals surface area contributed by atoms with Crippen molar-refractivity contribution in [2.24, 2.45) is 0 Å². The molecule has 156 valence electrons. The fourth-order valence-electron chi connectivity index (χ4n) is 3.48. The highest BCUT2D eigenvalue weighted by Crippen LogP contribution is 2.20. The second-order valence-corrected chi connectivity index (χ2v) is 7.39. The first-order chi connectivity index (χ1) is 13.6. The average Bonchev–Trinajstić information content (AvgIpc) is 2.92. The number of Topliss-reactive ketones (excluding diaryl/α,β-unsaturated/α-hetero) is 1. The third-order valence-corrected chi connectivity index (χ3v) is 4.80. The quantitative estimate of drug-likeness (QED) is 0.465. The van der Waals surface area contributed by atoms with Gasteiger partial charge in [0.25, 0.3) is 5.91 Å². The number of H-pyrrole nitrogens is 1. The number of hydrogen-bond acceptors (Lipinski definition) is 4. The summed E-state index contributed by atoms with van der Waals surface area (Å²) in [6.07, 6.45) is 0. The molecule has 0 aliphatic carbocycles. The lowest BCUT2D eigenvalue weighted by Gasteiger charge is -2.15. The van der Waals surface area contributed by atoms with E-state index in [2.05, 4.69) is 10.3 Å². The number of aromatic amines is 1. The lowest BCUT2D eigenvalue weighted by molar-refractivity contribution is -0.861. The summed E-state index contributed by atoms with van der Waals surface area (Å²) < 4.78 is 5.09. The van der Waals surface area contributed by atoms with Gasteiger partial charge in [-0.1, -0.05) is 18.2 Å². The van der Waals surface area contributed by atoms with E-state index >= 15 is 0 Å². The number of quaternary nitrogens is 1. The smallest absolute Gasteiger partial charge is 0.340 e. The van der Waals surface area contributed by atoms with Gasteiger partial charge in [-0.05, 0) is 45.7 Å². The second kappa shape index (κ2) is 9.52. The van der Waals surface area contributed by atoms with E-state index in [1.54, 1.807) is 27.8 Å². The summed E-state index contributed by atoms with van der Waals surface area (Å²) in [4.78, 5) is 41.4. The molecule has 0 aliphatic heterocycles. The van der Waals surface area contributed by atoms with Crippen molar-refractivity contribution in [2.75, 3.05) is 32.1 Å². The Morgan fingerprint density at radius 3 is 2.17 bits per heavy atom. The molecule has 0 bridgehead atoms. The number of anilines is 1. The van der Waals surface area contributed by atoms with Crippen molar-refractivity contribution >= 4 is 23.3 Å². The molecule has 0 saturated carbocycles. The van der Waals surface area contributed by atoms with E-state index in [1.165, 1.54) is 0 Å². The minimum Gasteiger partial charge on any atom is -0.462 e. The van der Waals surface area contributed by atoms with Gasteiger partial charge in [0.15, 0.2) is 6.54 Å². The van der Waals surface area contributed by atoms with Gasteiger partial charge in [-0.25, -0.2) is 4.79 Å². The van der Waals surface area contributed by atoms with Crippen LogP contribution in [0.25, 0.3) is 0 Å². The molecule has 1 heterocycles. The second-order valence-electron chi connectivity index (χ2n) is 7.39. The number of para-hydroxylation sites is 1. The minimum atomic E-state index is -0.511. The Bertz CT molecular complexity index is 910. The number of carbonyl (C=O) groups excluding carboxylic acids is 3. The molecule has 1 unspecified atom stereocenters. The van der Waals surface area contributed by atoms with Crippen LogP contribution in [0.1, 0.15) is 50.2 Å². The van der Waals surface area contributed by atoms with E-state index in [4.69, 9.17) is 4.74 Å². The lowest BCUT2D eigenvalue weighted by Crippen LogP contribution is -3.11. The summed E-state index contributed by atoms with van der Waals surface area (Å²) in [5.41, 5.74) is 4.64. The van der Waals surface area contributed by atoms with Crippen LogP contribution in [-0.2, 0) is 9.53 Å². The third-order valence-electron chi connectivity index (χ3n) is 4.80. The van der Waals surface area contributed by atoms with Crippen molar-refractivity contribution in [1.29, 1.82) is 0 Å². The van der Waals surface area contributed by atoms with Crippen LogP contribution >= 0.6 is 0 Å². The highest BCUT2D eigenvalue weighted by Gasteiger charge is 2.27. The topological polar surface area (TPSA) is 92.7 Å². The lowest BCUT2D eigenvalue weighted by atomic mass is 10.0. The number of rotatable bonds is 8. The predicted molar refractivity (Wildman–Crippen MR) is 112 cm³/mol. The van der Waals surface area contributed by atoms with E-state index in [1.807, 2.05) is 32.0 Å². The standard InChI is InChI=1S/C22H29N3O4/c1-7-29-22(28)20-16(5)23-15(4)19(20)17(26)11-25(6)12-18(27)24-21-13(2)9-8-10-14(21)3/h8-10,23H,7,11-12H2,1-6H3,(H,24,27)/p+1. The van der Waals surface area contributed by atoms with Gasteiger partial charge in [-0.2, -0.15) is 0 Å². The van der Waals surface area contributed by atoms with Crippen LogP contribution < -0.4 is 10.2 Å². The summed E-state index contributed by atoms with van der Waals surface area (Å²) in [6, 6.07) is 5.83. The molecule has 1 aromatic heterocycles. The summed E-state index contributed by atoms with van der Waals surface area (Å²) in [7, 11) is 1.78. The maximum atomic E-state index is 12.9. The van der Waals surface area contributed by atoms with Crippen LogP contribution in [0, 0.1) is 27.7 Å². The van der Waals surface area contributed by atoms with Gasteiger partial charge >= 0.3 is 5.97 Å². The molecule has 0 fully saturated rings. The zero-order valence-corrected chi connectivity index (χ0v) is 18.0. The monoisotopic (exact) mass is 400 g/mol. The Labute approximate surface area is 171 Å². The predicted octanol–water partition coefficient (Wildman–Crippen LogP) is 1.76. The first-order valence-corrected chi connectivity index (χ1v) is 9.72. The van der Waals surface area contributed by atoms with Gasteiger partial charge in [0.2, 0.25) is 5.78 Å². The molecule has 0 saturated heterocycles. The zero-order valence-electron chi connectivity index (χ0n) is 18.0. The van der Waals surface area contributed by atoms with Gasteiger partial charge in [-0.3, -0.25) is 9.59 Å². The van der Waals surface area contributed by atoms with E-state index in [0.717, 1.165) is 21.7 Å². The number of nitrogens with one attached hydrogen (secondary N) is 3. The largest absolute Gasteiger partial charge is 0.462 e. The summed E-state index contributed by atoms with van der Waals surface area (Å²) in [5, 5.41) is 2.93. The van der Waals surface area contributed by atoms with Crippen LogP contribution in [0.5, 0.6) is 0 Å². The number of ether oxygens (including phenoxy) is 1. The number of aryl methyl sites for hydroxylation is 4. The number of esters is 1. The average molecular weight is 400 g/mol. The molecule has 0 radical (unpaired) electrons. The third kappa shape index (κ3) is 5.32. The summed E-state index contributed by atoms with van der Waals surface area (Å²) in [5.74, 6) is -0.879. The number of likely N-dealkylation sites (N-methyl/N-ethyl adjacent to an activating group) is 1. The molecule has 1 aromatic carbocycles. The highest BCUT2D eigenvalue weighted by molar-refractivity contribution is 6.08. The van der Waals surface area contributed by atoms with Gasteiger partial charge in [0, 0.05) is 17.1 Å². The molecule has 7 nitrogen and oxygen atoms in total.